The molecule has 0 spiro atoms. The van der Waals surface area contributed by atoms with Crippen molar-refractivity contribution >= 4 is 11.9 Å². The number of hydrogen-bond acceptors (Lipinski definition) is 5. The van der Waals surface area contributed by atoms with E-state index in [0.29, 0.717) is 6.54 Å². The summed E-state index contributed by atoms with van der Waals surface area (Å²) in [5.41, 5.74) is 0.587. The predicted molar refractivity (Wildman–Crippen MR) is 86.0 cm³/mol. The molecule has 0 unspecified atom stereocenters. The molecule has 6 nitrogen and oxygen atoms in total. The van der Waals surface area contributed by atoms with Gasteiger partial charge in [0.1, 0.15) is 17.7 Å². The Balaban J connectivity index is 1.98. The topological polar surface area (TPSA) is 58.6 Å². The fourth-order valence-corrected chi connectivity index (χ4v) is 2.41. The fraction of sp³-hybridized carbons (Fsp3) is 0.688. The predicted octanol–water partition coefficient (Wildman–Crippen LogP) is 2.49. The van der Waals surface area contributed by atoms with E-state index in [1.165, 1.54) is 0 Å². The van der Waals surface area contributed by atoms with E-state index in [9.17, 15) is 4.79 Å². The maximum Gasteiger partial charge on any atom is 0.410 e. The zero-order valence-corrected chi connectivity index (χ0v) is 14.0. The Morgan fingerprint density at radius 2 is 2.00 bits per heavy atom. The summed E-state index contributed by atoms with van der Waals surface area (Å²) in [6.45, 7) is 10.8. The zero-order chi connectivity index (χ0) is 16.2. The second-order valence-corrected chi connectivity index (χ2v) is 6.53. The number of hydrogen-bond donors (Lipinski definition) is 0. The zero-order valence-electron chi connectivity index (χ0n) is 14.0. The standard InChI is InChI=1S/C16H26N4O2/c1-5-13-11-14(18-12-17-13)19-7-6-8-20(10-9-19)15(21)22-16(2,3)4/h11-12H,5-10H2,1-4H3. The third-order valence-corrected chi connectivity index (χ3v) is 3.54. The minimum absolute atomic E-state index is 0.230. The molecule has 2 heterocycles. The van der Waals surface area contributed by atoms with Crippen molar-refractivity contribution in [1.29, 1.82) is 0 Å². The Hall–Kier alpha value is -1.85. The number of carbonyl (C=O) groups is 1. The van der Waals surface area contributed by atoms with Crippen molar-refractivity contribution in [2.45, 2.75) is 46.1 Å². The molecule has 2 rings (SSSR count). The van der Waals surface area contributed by atoms with Gasteiger partial charge in [0.2, 0.25) is 0 Å². The van der Waals surface area contributed by atoms with Crippen molar-refractivity contribution in [3.63, 3.8) is 0 Å². The van der Waals surface area contributed by atoms with Gasteiger partial charge >= 0.3 is 6.09 Å². The lowest BCUT2D eigenvalue weighted by atomic mass is 10.2. The van der Waals surface area contributed by atoms with E-state index in [1.807, 2.05) is 26.8 Å². The molecule has 1 fully saturated rings. The SMILES string of the molecule is CCc1cc(N2CCCN(C(=O)OC(C)(C)C)CC2)ncn1. The van der Waals surface area contributed by atoms with E-state index in [4.69, 9.17) is 4.74 Å². The molecule has 0 atom stereocenters. The number of carbonyl (C=O) groups excluding carboxylic acids is 1. The van der Waals surface area contributed by atoms with Crippen LogP contribution in [0.25, 0.3) is 0 Å². The lowest BCUT2D eigenvalue weighted by Crippen LogP contribution is -2.39. The molecule has 1 aromatic heterocycles. The first kappa shape index (κ1) is 16.5. The molecule has 1 saturated heterocycles. The lowest BCUT2D eigenvalue weighted by molar-refractivity contribution is 0.0263. The summed E-state index contributed by atoms with van der Waals surface area (Å²) in [4.78, 5) is 24.8. The van der Waals surface area contributed by atoms with Gasteiger partial charge in [-0.1, -0.05) is 6.92 Å². The number of rotatable bonds is 2. The summed E-state index contributed by atoms with van der Waals surface area (Å²) in [6.07, 6.45) is 3.19. The van der Waals surface area contributed by atoms with Gasteiger partial charge in [0.05, 0.1) is 0 Å². The van der Waals surface area contributed by atoms with E-state index in [0.717, 1.165) is 44.0 Å². The fourth-order valence-electron chi connectivity index (χ4n) is 2.41. The Labute approximate surface area is 132 Å². The Morgan fingerprint density at radius 1 is 1.23 bits per heavy atom. The summed E-state index contributed by atoms with van der Waals surface area (Å²) in [5, 5.41) is 0. The van der Waals surface area contributed by atoms with Gasteiger partial charge in [-0.05, 0) is 33.6 Å². The van der Waals surface area contributed by atoms with E-state index in [2.05, 4.69) is 21.8 Å². The molecule has 0 N–H and O–H groups in total. The summed E-state index contributed by atoms with van der Waals surface area (Å²) < 4.78 is 5.45. The molecule has 0 radical (unpaired) electrons. The van der Waals surface area contributed by atoms with Crippen LogP contribution >= 0.6 is 0 Å². The third kappa shape index (κ3) is 4.58. The molecule has 0 aliphatic carbocycles. The lowest BCUT2D eigenvalue weighted by Gasteiger charge is -2.26. The number of aromatic nitrogens is 2. The second kappa shape index (κ2) is 6.94. The molecule has 0 aromatic carbocycles. The molecule has 1 aromatic rings. The van der Waals surface area contributed by atoms with Crippen LogP contribution < -0.4 is 4.90 Å². The maximum atomic E-state index is 12.2. The van der Waals surface area contributed by atoms with Gasteiger partial charge in [0.15, 0.2) is 0 Å². The molecule has 1 aliphatic heterocycles. The monoisotopic (exact) mass is 306 g/mol. The number of ether oxygens (including phenoxy) is 1. The second-order valence-electron chi connectivity index (χ2n) is 6.53. The highest BCUT2D eigenvalue weighted by Crippen LogP contribution is 2.16. The Morgan fingerprint density at radius 3 is 2.68 bits per heavy atom. The number of aryl methyl sites for hydroxylation is 1. The van der Waals surface area contributed by atoms with Crippen LogP contribution in [0.3, 0.4) is 0 Å². The Bertz CT molecular complexity index is 513. The minimum atomic E-state index is -0.453. The first-order chi connectivity index (χ1) is 10.4. The molecule has 0 saturated carbocycles. The van der Waals surface area contributed by atoms with E-state index >= 15 is 0 Å². The molecular weight excluding hydrogens is 280 g/mol. The molecule has 22 heavy (non-hydrogen) atoms. The summed E-state index contributed by atoms with van der Waals surface area (Å²) in [6, 6.07) is 2.03. The summed E-state index contributed by atoms with van der Waals surface area (Å²) in [5.74, 6) is 0.942. The summed E-state index contributed by atoms with van der Waals surface area (Å²) >= 11 is 0. The van der Waals surface area contributed by atoms with Crippen molar-refractivity contribution in [2.75, 3.05) is 31.1 Å². The van der Waals surface area contributed by atoms with Crippen LogP contribution in [-0.2, 0) is 11.2 Å². The molecular formula is C16H26N4O2. The third-order valence-electron chi connectivity index (χ3n) is 3.54. The average Bonchev–Trinajstić information content (AvgIpc) is 2.71. The Kier molecular flexibility index (Phi) is 5.21. The summed E-state index contributed by atoms with van der Waals surface area (Å²) in [7, 11) is 0. The van der Waals surface area contributed by atoms with Gasteiger partial charge < -0.3 is 14.5 Å². The number of amides is 1. The quantitative estimate of drug-likeness (QED) is 0.840. The first-order valence-corrected chi connectivity index (χ1v) is 7.93. The van der Waals surface area contributed by atoms with Gasteiger partial charge in [-0.25, -0.2) is 14.8 Å². The van der Waals surface area contributed by atoms with Crippen LogP contribution in [-0.4, -0.2) is 52.7 Å². The highest BCUT2D eigenvalue weighted by Gasteiger charge is 2.24. The molecule has 122 valence electrons. The number of nitrogens with zero attached hydrogens (tertiary/aromatic N) is 4. The van der Waals surface area contributed by atoms with Crippen LogP contribution in [0.1, 0.15) is 39.8 Å². The average molecular weight is 306 g/mol. The molecule has 1 aliphatic rings. The maximum absolute atomic E-state index is 12.2. The van der Waals surface area contributed by atoms with Crippen molar-refractivity contribution in [2.24, 2.45) is 0 Å². The van der Waals surface area contributed by atoms with Crippen LogP contribution in [0, 0.1) is 0 Å². The van der Waals surface area contributed by atoms with Gasteiger partial charge in [-0.3, -0.25) is 0 Å². The highest BCUT2D eigenvalue weighted by atomic mass is 16.6. The molecule has 6 heteroatoms. The van der Waals surface area contributed by atoms with Crippen molar-refractivity contribution < 1.29 is 9.53 Å². The van der Waals surface area contributed by atoms with Gasteiger partial charge in [-0.2, -0.15) is 0 Å². The molecule has 1 amide bonds. The van der Waals surface area contributed by atoms with Gasteiger partial charge in [0, 0.05) is 37.9 Å². The van der Waals surface area contributed by atoms with Crippen molar-refractivity contribution in [3.8, 4) is 0 Å². The van der Waals surface area contributed by atoms with Crippen LogP contribution in [0.4, 0.5) is 10.6 Å². The van der Waals surface area contributed by atoms with Crippen molar-refractivity contribution in [3.05, 3.63) is 18.1 Å². The number of anilines is 1. The normalized spacial score (nSPS) is 16.4. The smallest absolute Gasteiger partial charge is 0.410 e. The van der Waals surface area contributed by atoms with Gasteiger partial charge in [0.25, 0.3) is 0 Å². The van der Waals surface area contributed by atoms with E-state index in [1.54, 1.807) is 11.2 Å². The van der Waals surface area contributed by atoms with Crippen LogP contribution in [0.2, 0.25) is 0 Å². The van der Waals surface area contributed by atoms with Gasteiger partial charge in [-0.15, -0.1) is 0 Å². The van der Waals surface area contributed by atoms with Crippen molar-refractivity contribution in [1.82, 2.24) is 14.9 Å². The van der Waals surface area contributed by atoms with E-state index in [-0.39, 0.29) is 6.09 Å². The van der Waals surface area contributed by atoms with Crippen LogP contribution in [0.5, 0.6) is 0 Å². The highest BCUT2D eigenvalue weighted by molar-refractivity contribution is 5.68. The van der Waals surface area contributed by atoms with Crippen LogP contribution in [0.15, 0.2) is 12.4 Å². The minimum Gasteiger partial charge on any atom is -0.444 e. The first-order valence-electron chi connectivity index (χ1n) is 7.93. The largest absolute Gasteiger partial charge is 0.444 e. The molecule has 0 bridgehead atoms. The van der Waals surface area contributed by atoms with E-state index < -0.39 is 5.60 Å².